The van der Waals surface area contributed by atoms with Crippen molar-refractivity contribution in [1.82, 2.24) is 15.4 Å². The van der Waals surface area contributed by atoms with Crippen LogP contribution in [0.4, 0.5) is 0 Å². The first kappa shape index (κ1) is 14.3. The highest BCUT2D eigenvalue weighted by molar-refractivity contribution is 5.20. The minimum atomic E-state index is 0.399. The molecule has 1 N–H and O–H groups in total. The molecule has 0 amide bonds. The van der Waals surface area contributed by atoms with Crippen molar-refractivity contribution in [2.75, 3.05) is 13.1 Å². The summed E-state index contributed by atoms with van der Waals surface area (Å²) in [5, 5.41) is 7.77. The van der Waals surface area contributed by atoms with Gasteiger partial charge in [0.2, 0.25) is 0 Å². The Morgan fingerprint density at radius 3 is 2.86 bits per heavy atom. The molecule has 1 fully saturated rings. The van der Waals surface area contributed by atoms with Gasteiger partial charge < -0.3 is 9.84 Å². The van der Waals surface area contributed by atoms with E-state index in [1.807, 2.05) is 6.07 Å². The van der Waals surface area contributed by atoms with Gasteiger partial charge in [-0.3, -0.25) is 4.90 Å². The topological polar surface area (TPSA) is 41.3 Å². The molecule has 1 aliphatic heterocycles. The van der Waals surface area contributed by atoms with E-state index >= 15 is 0 Å². The van der Waals surface area contributed by atoms with Crippen molar-refractivity contribution in [2.45, 2.75) is 38.4 Å². The van der Waals surface area contributed by atoms with Crippen molar-refractivity contribution in [2.24, 2.45) is 0 Å². The number of aromatic nitrogens is 1. The van der Waals surface area contributed by atoms with Crippen LogP contribution >= 0.6 is 0 Å². The molecule has 21 heavy (non-hydrogen) atoms. The molecule has 4 nitrogen and oxygen atoms in total. The lowest BCUT2D eigenvalue weighted by Gasteiger charge is -2.40. The van der Waals surface area contributed by atoms with E-state index in [9.17, 15) is 0 Å². The lowest BCUT2D eigenvalue weighted by Crippen LogP contribution is -2.51. The van der Waals surface area contributed by atoms with Crippen LogP contribution in [0, 0.1) is 0 Å². The number of piperazine rings is 1. The zero-order valence-electron chi connectivity index (χ0n) is 12.5. The summed E-state index contributed by atoms with van der Waals surface area (Å²) >= 11 is 0. The molecular weight excluding hydrogens is 262 g/mol. The van der Waals surface area contributed by atoms with E-state index in [2.05, 4.69) is 52.6 Å². The first-order valence-corrected chi connectivity index (χ1v) is 7.78. The molecule has 2 unspecified atom stereocenters. The summed E-state index contributed by atoms with van der Waals surface area (Å²) in [6.45, 7) is 5.14. The quantitative estimate of drug-likeness (QED) is 0.917. The molecule has 1 aromatic carbocycles. The summed E-state index contributed by atoms with van der Waals surface area (Å²) in [5.41, 5.74) is 2.37. The molecular formula is C17H23N3O. The van der Waals surface area contributed by atoms with Gasteiger partial charge >= 0.3 is 0 Å². The van der Waals surface area contributed by atoms with Gasteiger partial charge in [0, 0.05) is 37.8 Å². The molecule has 0 radical (unpaired) electrons. The monoisotopic (exact) mass is 285 g/mol. The highest BCUT2D eigenvalue weighted by atomic mass is 16.5. The standard InChI is InChI=1S/C17H23N3O/c1-2-6-15-12-20(13-16-9-10-21-19-16)17(11-18-15)14-7-4-3-5-8-14/h3-5,7-10,15,17-18H,2,6,11-13H2,1H3. The fourth-order valence-corrected chi connectivity index (χ4v) is 3.13. The number of hydrogen-bond donors (Lipinski definition) is 1. The molecule has 1 saturated heterocycles. The second kappa shape index (κ2) is 6.87. The van der Waals surface area contributed by atoms with Crippen molar-refractivity contribution < 1.29 is 4.52 Å². The Morgan fingerprint density at radius 2 is 2.14 bits per heavy atom. The fraction of sp³-hybridized carbons (Fsp3) is 0.471. The fourth-order valence-electron chi connectivity index (χ4n) is 3.13. The molecule has 112 valence electrons. The molecule has 4 heteroatoms. The van der Waals surface area contributed by atoms with Crippen LogP contribution in [-0.4, -0.2) is 29.2 Å². The summed E-state index contributed by atoms with van der Waals surface area (Å²) in [5.74, 6) is 0. The van der Waals surface area contributed by atoms with Crippen LogP contribution in [0.5, 0.6) is 0 Å². The van der Waals surface area contributed by atoms with Crippen LogP contribution in [0.15, 0.2) is 47.2 Å². The molecule has 2 heterocycles. The number of hydrogen-bond acceptors (Lipinski definition) is 4. The Kier molecular flexibility index (Phi) is 4.68. The van der Waals surface area contributed by atoms with Crippen molar-refractivity contribution >= 4 is 0 Å². The van der Waals surface area contributed by atoms with E-state index < -0.39 is 0 Å². The number of rotatable bonds is 5. The van der Waals surface area contributed by atoms with Gasteiger partial charge in [-0.2, -0.15) is 0 Å². The van der Waals surface area contributed by atoms with E-state index in [-0.39, 0.29) is 0 Å². The molecule has 0 aliphatic carbocycles. The second-order valence-corrected chi connectivity index (χ2v) is 5.74. The highest BCUT2D eigenvalue weighted by Crippen LogP contribution is 2.26. The Hall–Kier alpha value is -1.65. The molecule has 2 atom stereocenters. The van der Waals surface area contributed by atoms with E-state index in [0.29, 0.717) is 12.1 Å². The first-order chi connectivity index (χ1) is 10.4. The van der Waals surface area contributed by atoms with Crippen LogP contribution in [0.25, 0.3) is 0 Å². The summed E-state index contributed by atoms with van der Waals surface area (Å²) in [6, 6.07) is 13.6. The molecule has 0 spiro atoms. The zero-order chi connectivity index (χ0) is 14.5. The van der Waals surface area contributed by atoms with Gasteiger partial charge in [0.1, 0.15) is 6.26 Å². The lowest BCUT2D eigenvalue weighted by atomic mass is 9.99. The molecule has 1 aromatic heterocycles. The normalized spacial score (nSPS) is 23.3. The van der Waals surface area contributed by atoms with Gasteiger partial charge in [0.05, 0.1) is 5.69 Å². The average Bonchev–Trinajstić information content (AvgIpc) is 3.02. The Bertz CT molecular complexity index is 526. The van der Waals surface area contributed by atoms with Gasteiger partial charge in [-0.25, -0.2) is 0 Å². The number of nitrogens with zero attached hydrogens (tertiary/aromatic N) is 2. The van der Waals surface area contributed by atoms with Gasteiger partial charge in [0.15, 0.2) is 0 Å². The molecule has 1 aliphatic rings. The minimum Gasteiger partial charge on any atom is -0.364 e. The summed E-state index contributed by atoms with van der Waals surface area (Å²) in [4.78, 5) is 2.52. The average molecular weight is 285 g/mol. The van der Waals surface area contributed by atoms with Crippen LogP contribution in [-0.2, 0) is 6.54 Å². The summed E-state index contributed by atoms with van der Waals surface area (Å²) in [6.07, 6.45) is 4.08. The van der Waals surface area contributed by atoms with Crippen LogP contribution in [0.3, 0.4) is 0 Å². The van der Waals surface area contributed by atoms with Crippen molar-refractivity contribution in [1.29, 1.82) is 0 Å². The third-order valence-electron chi connectivity index (χ3n) is 4.17. The summed E-state index contributed by atoms with van der Waals surface area (Å²) in [7, 11) is 0. The lowest BCUT2D eigenvalue weighted by molar-refractivity contribution is 0.116. The Labute approximate surface area is 126 Å². The molecule has 0 bridgehead atoms. The zero-order valence-corrected chi connectivity index (χ0v) is 12.5. The van der Waals surface area contributed by atoms with Gasteiger partial charge in [-0.15, -0.1) is 0 Å². The van der Waals surface area contributed by atoms with Gasteiger partial charge in [0.25, 0.3) is 0 Å². The predicted molar refractivity (Wildman–Crippen MR) is 82.8 cm³/mol. The van der Waals surface area contributed by atoms with E-state index in [0.717, 1.165) is 25.3 Å². The van der Waals surface area contributed by atoms with Crippen LogP contribution in [0.2, 0.25) is 0 Å². The maximum Gasteiger partial charge on any atom is 0.124 e. The third-order valence-corrected chi connectivity index (χ3v) is 4.17. The van der Waals surface area contributed by atoms with Crippen molar-refractivity contribution in [3.8, 4) is 0 Å². The maximum atomic E-state index is 4.98. The van der Waals surface area contributed by atoms with Crippen molar-refractivity contribution in [3.63, 3.8) is 0 Å². The third kappa shape index (κ3) is 3.52. The molecule has 2 aromatic rings. The van der Waals surface area contributed by atoms with Crippen molar-refractivity contribution in [3.05, 3.63) is 53.9 Å². The molecule has 3 rings (SSSR count). The second-order valence-electron chi connectivity index (χ2n) is 5.74. The van der Waals surface area contributed by atoms with Gasteiger partial charge in [-0.1, -0.05) is 48.8 Å². The predicted octanol–water partition coefficient (Wildman–Crippen LogP) is 2.99. The van der Waals surface area contributed by atoms with E-state index in [4.69, 9.17) is 4.52 Å². The Morgan fingerprint density at radius 1 is 1.29 bits per heavy atom. The van der Waals surface area contributed by atoms with E-state index in [1.165, 1.54) is 18.4 Å². The maximum absolute atomic E-state index is 4.98. The Balaban J connectivity index is 1.77. The minimum absolute atomic E-state index is 0.399. The van der Waals surface area contributed by atoms with E-state index in [1.54, 1.807) is 6.26 Å². The number of benzene rings is 1. The molecule has 0 saturated carbocycles. The van der Waals surface area contributed by atoms with Crippen LogP contribution < -0.4 is 5.32 Å². The summed E-state index contributed by atoms with van der Waals surface area (Å²) < 4.78 is 4.98. The number of nitrogens with one attached hydrogen (secondary N) is 1. The SMILES string of the molecule is CCCC1CN(Cc2ccon2)C(c2ccccc2)CN1. The van der Waals surface area contributed by atoms with Gasteiger partial charge in [-0.05, 0) is 12.0 Å². The first-order valence-electron chi connectivity index (χ1n) is 7.78. The van der Waals surface area contributed by atoms with Crippen LogP contribution in [0.1, 0.15) is 37.1 Å². The largest absolute Gasteiger partial charge is 0.364 e. The highest BCUT2D eigenvalue weighted by Gasteiger charge is 2.28. The smallest absolute Gasteiger partial charge is 0.124 e.